The quantitative estimate of drug-likeness (QED) is 0.657. The fourth-order valence-electron chi connectivity index (χ4n) is 4.48. The summed E-state index contributed by atoms with van der Waals surface area (Å²) in [6, 6.07) is 12.3. The van der Waals surface area contributed by atoms with Crippen LogP contribution in [0.25, 0.3) is 11.0 Å². The number of aryl methyl sites for hydroxylation is 2. The summed E-state index contributed by atoms with van der Waals surface area (Å²) in [6.45, 7) is 9.23. The van der Waals surface area contributed by atoms with Crippen LogP contribution in [-0.4, -0.2) is 39.6 Å². The Kier molecular flexibility index (Phi) is 6.49. The molecule has 0 amide bonds. The van der Waals surface area contributed by atoms with E-state index in [1.165, 1.54) is 6.20 Å². The maximum absolute atomic E-state index is 13.8. The molecule has 1 aliphatic rings. The van der Waals surface area contributed by atoms with E-state index in [2.05, 4.69) is 22.1 Å². The average molecular weight is 423 g/mol. The Labute approximate surface area is 182 Å². The predicted octanol–water partition coefficient (Wildman–Crippen LogP) is 3.80. The van der Waals surface area contributed by atoms with Gasteiger partial charge in [0.25, 0.3) is 5.56 Å². The Bertz CT molecular complexity index is 1130. The number of hydrogen-bond donors (Lipinski definition) is 1. The van der Waals surface area contributed by atoms with Gasteiger partial charge in [-0.05, 0) is 75.0 Å². The Balaban J connectivity index is 1.34. The van der Waals surface area contributed by atoms with Gasteiger partial charge in [0, 0.05) is 31.7 Å². The highest BCUT2D eigenvalue weighted by molar-refractivity contribution is 5.75. The van der Waals surface area contributed by atoms with Crippen molar-refractivity contribution in [3.05, 3.63) is 75.5 Å². The third-order valence-electron chi connectivity index (χ3n) is 6.46. The van der Waals surface area contributed by atoms with Crippen molar-refractivity contribution in [1.82, 2.24) is 19.8 Å². The maximum Gasteiger partial charge on any atom is 0.269 e. The zero-order valence-corrected chi connectivity index (χ0v) is 18.6. The van der Waals surface area contributed by atoms with Crippen molar-refractivity contribution in [1.29, 1.82) is 0 Å². The maximum atomic E-state index is 13.8. The summed E-state index contributed by atoms with van der Waals surface area (Å²) < 4.78 is 15.6. The van der Waals surface area contributed by atoms with Crippen LogP contribution in [0.1, 0.15) is 36.5 Å². The molecule has 3 aromatic rings. The molecule has 0 spiro atoms. The third kappa shape index (κ3) is 5.02. The fourth-order valence-corrected chi connectivity index (χ4v) is 4.48. The molecule has 2 atom stereocenters. The summed E-state index contributed by atoms with van der Waals surface area (Å²) in [4.78, 5) is 19.2. The highest BCUT2D eigenvalue weighted by atomic mass is 19.1. The molecule has 31 heavy (non-hydrogen) atoms. The van der Waals surface area contributed by atoms with Gasteiger partial charge in [0.05, 0.1) is 17.2 Å². The lowest BCUT2D eigenvalue weighted by Crippen LogP contribution is -2.48. The first kappa shape index (κ1) is 21.7. The molecular weight excluding hydrogens is 391 g/mol. The number of likely N-dealkylation sites (tertiary alicyclic amines) is 1. The largest absolute Gasteiger partial charge is 0.310 e. The van der Waals surface area contributed by atoms with E-state index >= 15 is 0 Å². The first-order chi connectivity index (χ1) is 14.9. The van der Waals surface area contributed by atoms with Crippen molar-refractivity contribution < 1.29 is 4.39 Å². The van der Waals surface area contributed by atoms with Crippen LogP contribution >= 0.6 is 0 Å². The van der Waals surface area contributed by atoms with Crippen LogP contribution in [0.2, 0.25) is 0 Å². The number of nitrogens with one attached hydrogen (secondary N) is 1. The molecule has 0 radical (unpaired) electrons. The van der Waals surface area contributed by atoms with Gasteiger partial charge in [-0.15, -0.1) is 0 Å². The van der Waals surface area contributed by atoms with Crippen LogP contribution in [0.4, 0.5) is 4.39 Å². The molecule has 1 aromatic heterocycles. The lowest BCUT2D eigenvalue weighted by molar-refractivity contribution is 0.131. The Morgan fingerprint density at radius 2 is 2.00 bits per heavy atom. The molecule has 1 aliphatic heterocycles. The summed E-state index contributed by atoms with van der Waals surface area (Å²) >= 11 is 0. The van der Waals surface area contributed by atoms with Crippen LogP contribution in [-0.2, 0) is 13.1 Å². The van der Waals surface area contributed by atoms with E-state index in [1.54, 1.807) is 13.0 Å². The minimum Gasteiger partial charge on any atom is -0.310 e. The van der Waals surface area contributed by atoms with E-state index in [4.69, 9.17) is 0 Å². The molecule has 1 fully saturated rings. The molecule has 164 valence electrons. The second-order valence-electron chi connectivity index (χ2n) is 8.81. The minimum absolute atomic E-state index is 0.0485. The van der Waals surface area contributed by atoms with Gasteiger partial charge in [-0.25, -0.2) is 9.37 Å². The normalized spacial score (nSPS) is 19.7. The van der Waals surface area contributed by atoms with Gasteiger partial charge in [0.1, 0.15) is 5.82 Å². The van der Waals surface area contributed by atoms with Gasteiger partial charge in [-0.2, -0.15) is 0 Å². The van der Waals surface area contributed by atoms with Crippen molar-refractivity contribution in [2.45, 2.75) is 58.8 Å². The predicted molar refractivity (Wildman–Crippen MR) is 123 cm³/mol. The molecule has 1 N–H and O–H groups in total. The van der Waals surface area contributed by atoms with Crippen LogP contribution in [0, 0.1) is 19.7 Å². The zero-order chi connectivity index (χ0) is 22.0. The third-order valence-corrected chi connectivity index (χ3v) is 6.46. The van der Waals surface area contributed by atoms with Crippen LogP contribution in [0.5, 0.6) is 0 Å². The highest BCUT2D eigenvalue weighted by Crippen LogP contribution is 2.19. The smallest absolute Gasteiger partial charge is 0.269 e. The van der Waals surface area contributed by atoms with Gasteiger partial charge < -0.3 is 9.88 Å². The highest BCUT2D eigenvalue weighted by Gasteiger charge is 2.25. The summed E-state index contributed by atoms with van der Waals surface area (Å²) in [5, 5.41) is 3.59. The lowest BCUT2D eigenvalue weighted by Gasteiger charge is -2.38. The molecule has 0 aliphatic carbocycles. The van der Waals surface area contributed by atoms with Crippen LogP contribution in [0.3, 0.4) is 0 Å². The minimum atomic E-state index is -0.142. The molecule has 2 aromatic carbocycles. The lowest BCUT2D eigenvalue weighted by atomic mass is 9.98. The van der Waals surface area contributed by atoms with Gasteiger partial charge in [0.2, 0.25) is 0 Å². The number of hydrogen-bond acceptors (Lipinski definition) is 4. The summed E-state index contributed by atoms with van der Waals surface area (Å²) in [5.41, 5.74) is 4.50. The second-order valence-corrected chi connectivity index (χ2v) is 8.81. The molecule has 1 saturated heterocycles. The molecule has 6 heteroatoms. The van der Waals surface area contributed by atoms with E-state index in [9.17, 15) is 9.18 Å². The van der Waals surface area contributed by atoms with E-state index in [0.29, 0.717) is 30.7 Å². The monoisotopic (exact) mass is 422 g/mol. The zero-order valence-electron chi connectivity index (χ0n) is 18.6. The Hall–Kier alpha value is -2.57. The number of aromatic nitrogens is 2. The molecule has 2 unspecified atom stereocenters. The summed E-state index contributed by atoms with van der Waals surface area (Å²) in [5.74, 6) is -0.142. The molecule has 0 saturated carbocycles. The molecule has 4 rings (SSSR count). The fraction of sp³-hybridized carbons (Fsp3) is 0.440. The average Bonchev–Trinajstić information content (AvgIpc) is 2.75. The summed E-state index contributed by atoms with van der Waals surface area (Å²) in [6.07, 6.45) is 3.51. The van der Waals surface area contributed by atoms with Crippen LogP contribution < -0.4 is 10.9 Å². The SMILES string of the molecule is Cc1ccc2ncc(=O)n(CCN3CCC(NCc4ccc(C)c(F)c4)CC3C)c2c1. The number of piperidine rings is 1. The molecule has 5 nitrogen and oxygen atoms in total. The van der Waals surface area contributed by atoms with E-state index in [1.807, 2.05) is 41.8 Å². The van der Waals surface area contributed by atoms with E-state index < -0.39 is 0 Å². The first-order valence-electron chi connectivity index (χ1n) is 11.1. The Morgan fingerprint density at radius 1 is 1.16 bits per heavy atom. The molecule has 2 heterocycles. The number of benzene rings is 2. The van der Waals surface area contributed by atoms with Crippen molar-refractivity contribution in [2.75, 3.05) is 13.1 Å². The van der Waals surface area contributed by atoms with Gasteiger partial charge in [-0.1, -0.05) is 18.2 Å². The van der Waals surface area contributed by atoms with E-state index in [-0.39, 0.29) is 11.4 Å². The number of halogens is 1. The summed E-state index contributed by atoms with van der Waals surface area (Å²) in [7, 11) is 0. The van der Waals surface area contributed by atoms with Crippen LogP contribution in [0.15, 0.2) is 47.4 Å². The standard InChI is InChI=1S/C25H31FN4O/c1-17-4-7-23-24(12-17)30(25(31)16-28-23)11-10-29-9-8-21(13-19(29)3)27-15-20-6-5-18(2)22(26)14-20/h4-7,12,14,16,19,21,27H,8-11,13,15H2,1-3H3. The van der Waals surface area contributed by atoms with Gasteiger partial charge in [0.15, 0.2) is 0 Å². The van der Waals surface area contributed by atoms with Crippen molar-refractivity contribution in [3.8, 4) is 0 Å². The topological polar surface area (TPSA) is 50.2 Å². The van der Waals surface area contributed by atoms with Crippen molar-refractivity contribution >= 4 is 11.0 Å². The van der Waals surface area contributed by atoms with E-state index in [0.717, 1.165) is 48.1 Å². The van der Waals surface area contributed by atoms with Crippen molar-refractivity contribution in [3.63, 3.8) is 0 Å². The number of fused-ring (bicyclic) bond motifs is 1. The van der Waals surface area contributed by atoms with Gasteiger partial charge >= 0.3 is 0 Å². The molecule has 0 bridgehead atoms. The number of rotatable bonds is 6. The molecular formula is C25H31FN4O. The van der Waals surface area contributed by atoms with Crippen molar-refractivity contribution in [2.24, 2.45) is 0 Å². The number of nitrogens with zero attached hydrogens (tertiary/aromatic N) is 3. The second kappa shape index (κ2) is 9.28. The van der Waals surface area contributed by atoms with Gasteiger partial charge in [-0.3, -0.25) is 9.69 Å². The first-order valence-corrected chi connectivity index (χ1v) is 11.1. The Morgan fingerprint density at radius 3 is 2.77 bits per heavy atom.